The second kappa shape index (κ2) is 6.09. The summed E-state index contributed by atoms with van der Waals surface area (Å²) in [5, 5.41) is 12.9. The van der Waals surface area contributed by atoms with Crippen LogP contribution in [0.15, 0.2) is 12.1 Å². The van der Waals surface area contributed by atoms with Gasteiger partial charge in [0, 0.05) is 20.3 Å². The summed E-state index contributed by atoms with van der Waals surface area (Å²) in [4.78, 5) is 9.50. The van der Waals surface area contributed by atoms with Crippen LogP contribution in [0, 0.1) is 21.7 Å². The normalized spacial score (nSPS) is 10.3. The monoisotopic (exact) mass is 246 g/mol. The lowest BCUT2D eigenvalue weighted by Gasteiger charge is -2.08. The van der Waals surface area contributed by atoms with Crippen molar-refractivity contribution in [3.8, 4) is 0 Å². The lowest BCUT2D eigenvalue weighted by molar-refractivity contribution is -0.385. The average Bonchev–Trinajstić information content (AvgIpc) is 2.26. The van der Waals surface area contributed by atoms with Gasteiger partial charge in [0.2, 0.25) is 0 Å². The molecule has 0 bridgehead atoms. The molecule has 0 spiro atoms. The van der Waals surface area contributed by atoms with Gasteiger partial charge in [-0.3, -0.25) is 10.1 Å². The molecular weight excluding hydrogens is 234 g/mol. The standard InChI is InChI=1S/C10H12F2N2O3/c1-17-4-2-3-13-10-8(11)5-7(14(15)16)6-9(10)12/h5-6,13H,2-4H2,1H3. The van der Waals surface area contributed by atoms with Gasteiger partial charge in [-0.25, -0.2) is 8.78 Å². The van der Waals surface area contributed by atoms with E-state index in [4.69, 9.17) is 4.74 Å². The molecule has 0 aliphatic heterocycles. The molecule has 0 radical (unpaired) electrons. The van der Waals surface area contributed by atoms with Crippen molar-refractivity contribution in [1.82, 2.24) is 0 Å². The van der Waals surface area contributed by atoms with Crippen molar-refractivity contribution >= 4 is 11.4 Å². The number of non-ortho nitro benzene ring substituents is 1. The van der Waals surface area contributed by atoms with Crippen LogP contribution in [-0.4, -0.2) is 25.2 Å². The number of anilines is 1. The molecule has 0 aromatic heterocycles. The summed E-state index contributed by atoms with van der Waals surface area (Å²) in [6.07, 6.45) is 0.576. The van der Waals surface area contributed by atoms with E-state index in [0.29, 0.717) is 31.7 Å². The van der Waals surface area contributed by atoms with Gasteiger partial charge in [-0.15, -0.1) is 0 Å². The van der Waals surface area contributed by atoms with Gasteiger partial charge >= 0.3 is 0 Å². The average molecular weight is 246 g/mol. The fourth-order valence-corrected chi connectivity index (χ4v) is 1.26. The molecule has 0 saturated heterocycles. The molecule has 1 rings (SSSR count). The molecule has 0 atom stereocenters. The van der Waals surface area contributed by atoms with Gasteiger partial charge in [0.15, 0.2) is 11.6 Å². The van der Waals surface area contributed by atoms with E-state index in [9.17, 15) is 18.9 Å². The van der Waals surface area contributed by atoms with Crippen LogP contribution in [0.4, 0.5) is 20.2 Å². The van der Waals surface area contributed by atoms with Crippen LogP contribution in [0.5, 0.6) is 0 Å². The highest BCUT2D eigenvalue weighted by molar-refractivity contribution is 5.51. The Morgan fingerprint density at radius 2 is 2.00 bits per heavy atom. The number of methoxy groups -OCH3 is 1. The number of rotatable bonds is 6. The smallest absolute Gasteiger partial charge is 0.275 e. The Morgan fingerprint density at radius 3 is 2.47 bits per heavy atom. The summed E-state index contributed by atoms with van der Waals surface area (Å²) in [6.45, 7) is 0.780. The van der Waals surface area contributed by atoms with Crippen molar-refractivity contribution in [2.24, 2.45) is 0 Å². The van der Waals surface area contributed by atoms with E-state index in [2.05, 4.69) is 5.32 Å². The molecule has 0 fully saturated rings. The highest BCUT2D eigenvalue weighted by Gasteiger charge is 2.16. The number of nitrogens with zero attached hydrogens (tertiary/aromatic N) is 1. The van der Waals surface area contributed by atoms with E-state index in [1.54, 1.807) is 0 Å². The Bertz CT molecular complexity index is 390. The number of benzene rings is 1. The van der Waals surface area contributed by atoms with E-state index < -0.39 is 22.2 Å². The minimum Gasteiger partial charge on any atom is -0.385 e. The highest BCUT2D eigenvalue weighted by atomic mass is 19.1. The second-order valence-corrected chi connectivity index (χ2v) is 3.31. The molecule has 0 aliphatic rings. The van der Waals surface area contributed by atoms with Crippen molar-refractivity contribution in [1.29, 1.82) is 0 Å². The topological polar surface area (TPSA) is 64.4 Å². The molecule has 0 amide bonds. The van der Waals surface area contributed by atoms with Gasteiger partial charge in [-0.2, -0.15) is 0 Å². The molecule has 0 saturated carbocycles. The van der Waals surface area contributed by atoms with Crippen LogP contribution in [0.2, 0.25) is 0 Å². The fraction of sp³-hybridized carbons (Fsp3) is 0.400. The zero-order valence-electron chi connectivity index (χ0n) is 9.20. The highest BCUT2D eigenvalue weighted by Crippen LogP contribution is 2.24. The first-order valence-electron chi connectivity index (χ1n) is 4.92. The Kier molecular flexibility index (Phi) is 4.77. The molecular formula is C10H12F2N2O3. The molecule has 1 aromatic carbocycles. The first-order chi connectivity index (χ1) is 8.06. The number of ether oxygens (including phenoxy) is 1. The number of nitro groups is 1. The fourth-order valence-electron chi connectivity index (χ4n) is 1.26. The minimum absolute atomic E-state index is 0.319. The third kappa shape index (κ3) is 3.63. The zero-order valence-corrected chi connectivity index (χ0v) is 9.20. The summed E-state index contributed by atoms with van der Waals surface area (Å²) in [6, 6.07) is 1.36. The molecule has 1 N–H and O–H groups in total. The minimum atomic E-state index is -0.978. The van der Waals surface area contributed by atoms with Crippen molar-refractivity contribution in [3.63, 3.8) is 0 Å². The predicted octanol–water partition coefficient (Wildman–Crippen LogP) is 2.32. The molecule has 0 heterocycles. The first-order valence-corrected chi connectivity index (χ1v) is 4.92. The summed E-state index contributed by atoms with van der Waals surface area (Å²) in [5.74, 6) is -1.96. The Hall–Kier alpha value is -1.76. The first kappa shape index (κ1) is 13.3. The van der Waals surface area contributed by atoms with Crippen LogP contribution < -0.4 is 5.32 Å². The largest absolute Gasteiger partial charge is 0.385 e. The predicted molar refractivity (Wildman–Crippen MR) is 58.0 cm³/mol. The maximum Gasteiger partial charge on any atom is 0.275 e. The number of hydrogen-bond donors (Lipinski definition) is 1. The van der Waals surface area contributed by atoms with Crippen LogP contribution >= 0.6 is 0 Å². The van der Waals surface area contributed by atoms with Crippen LogP contribution in [0.25, 0.3) is 0 Å². The Morgan fingerprint density at radius 1 is 1.41 bits per heavy atom. The number of halogens is 2. The lowest BCUT2D eigenvalue weighted by Crippen LogP contribution is -2.08. The summed E-state index contributed by atoms with van der Waals surface area (Å²) >= 11 is 0. The van der Waals surface area contributed by atoms with E-state index in [1.807, 2.05) is 0 Å². The van der Waals surface area contributed by atoms with Crippen molar-refractivity contribution < 1.29 is 18.4 Å². The third-order valence-electron chi connectivity index (χ3n) is 2.06. The van der Waals surface area contributed by atoms with Gasteiger partial charge in [0.25, 0.3) is 5.69 Å². The maximum absolute atomic E-state index is 13.3. The third-order valence-corrected chi connectivity index (χ3v) is 2.06. The SMILES string of the molecule is COCCCNc1c(F)cc([N+](=O)[O-])cc1F. The van der Waals surface area contributed by atoms with Crippen molar-refractivity contribution in [2.75, 3.05) is 25.6 Å². The molecule has 1 aromatic rings. The number of nitro benzene ring substituents is 1. The lowest BCUT2D eigenvalue weighted by atomic mass is 10.2. The zero-order chi connectivity index (χ0) is 12.8. The molecule has 94 valence electrons. The van der Waals surface area contributed by atoms with E-state index >= 15 is 0 Å². The van der Waals surface area contributed by atoms with Crippen LogP contribution in [0.3, 0.4) is 0 Å². The summed E-state index contributed by atoms with van der Waals surface area (Å²) in [7, 11) is 1.52. The van der Waals surface area contributed by atoms with Crippen molar-refractivity contribution in [3.05, 3.63) is 33.9 Å². The summed E-state index contributed by atoms with van der Waals surface area (Å²) in [5.41, 5.74) is -0.964. The number of nitrogens with one attached hydrogen (secondary N) is 1. The Labute approximate surface area is 96.5 Å². The quantitative estimate of drug-likeness (QED) is 0.475. The van der Waals surface area contributed by atoms with Gasteiger partial charge in [0.05, 0.1) is 17.1 Å². The van der Waals surface area contributed by atoms with Crippen LogP contribution in [-0.2, 0) is 4.74 Å². The second-order valence-electron chi connectivity index (χ2n) is 3.31. The number of hydrogen-bond acceptors (Lipinski definition) is 4. The van der Waals surface area contributed by atoms with Gasteiger partial charge in [-0.05, 0) is 6.42 Å². The van der Waals surface area contributed by atoms with Gasteiger partial charge < -0.3 is 10.1 Å². The molecule has 5 nitrogen and oxygen atoms in total. The molecule has 0 unspecified atom stereocenters. The molecule has 17 heavy (non-hydrogen) atoms. The van der Waals surface area contributed by atoms with Crippen LogP contribution in [0.1, 0.15) is 6.42 Å². The van der Waals surface area contributed by atoms with E-state index in [1.165, 1.54) is 7.11 Å². The van der Waals surface area contributed by atoms with Crippen molar-refractivity contribution in [2.45, 2.75) is 6.42 Å². The molecule has 7 heteroatoms. The van der Waals surface area contributed by atoms with E-state index in [-0.39, 0.29) is 5.69 Å². The Balaban J connectivity index is 2.76. The van der Waals surface area contributed by atoms with E-state index in [0.717, 1.165) is 0 Å². The maximum atomic E-state index is 13.3. The molecule has 0 aliphatic carbocycles. The summed E-state index contributed by atoms with van der Waals surface area (Å²) < 4.78 is 31.5. The van der Waals surface area contributed by atoms with Gasteiger partial charge in [-0.1, -0.05) is 0 Å². The van der Waals surface area contributed by atoms with Gasteiger partial charge in [0.1, 0.15) is 5.69 Å².